The lowest BCUT2D eigenvalue weighted by atomic mass is 9.91. The molecule has 3 heteroatoms. The van der Waals surface area contributed by atoms with Gasteiger partial charge in [-0.15, -0.1) is 0 Å². The highest BCUT2D eigenvalue weighted by Gasteiger charge is 2.19. The van der Waals surface area contributed by atoms with Crippen LogP contribution in [0.5, 0.6) is 0 Å². The van der Waals surface area contributed by atoms with Gasteiger partial charge in [-0.05, 0) is 100 Å². The average Bonchev–Trinajstić information content (AvgIpc) is 3.83. The molecule has 3 nitrogen and oxygen atoms in total. The van der Waals surface area contributed by atoms with E-state index in [0.29, 0.717) is 0 Å². The quantitative estimate of drug-likeness (QED) is 0.171. The first-order valence-corrected chi connectivity index (χ1v) is 19.5. The molecule has 3 heterocycles. The maximum Gasteiger partial charge on any atom is 0.135 e. The number of nitrogens with zero attached hydrogens (tertiary/aromatic N) is 2. The summed E-state index contributed by atoms with van der Waals surface area (Å²) in [5, 5.41) is 4.70. The third-order valence-electron chi connectivity index (χ3n) is 11.4. The third kappa shape index (κ3) is 5.55. The van der Waals surface area contributed by atoms with Gasteiger partial charge in [0.05, 0.1) is 22.4 Å². The van der Waals surface area contributed by atoms with E-state index in [4.69, 9.17) is 9.40 Å². The fourth-order valence-corrected chi connectivity index (χ4v) is 8.67. The van der Waals surface area contributed by atoms with Crippen molar-refractivity contribution in [3.8, 4) is 61.6 Å². The lowest BCUT2D eigenvalue weighted by Gasteiger charge is -2.16. The van der Waals surface area contributed by atoms with Crippen LogP contribution in [0.3, 0.4) is 0 Å². The van der Waals surface area contributed by atoms with Crippen LogP contribution >= 0.6 is 0 Å². The van der Waals surface area contributed by atoms with E-state index in [9.17, 15) is 0 Å². The first-order chi connectivity index (χ1) is 28.2. The summed E-state index contributed by atoms with van der Waals surface area (Å²) >= 11 is 0. The summed E-state index contributed by atoms with van der Waals surface area (Å²) in [7, 11) is 0. The van der Waals surface area contributed by atoms with Gasteiger partial charge in [-0.3, -0.25) is 0 Å². The molecule has 8 aromatic carbocycles. The van der Waals surface area contributed by atoms with Crippen molar-refractivity contribution < 1.29 is 4.42 Å². The standard InChI is InChI=1S/C54H36N2O/c1-35-46(34-48(37-17-6-3-7-18-37)55-54(35)41-22-12-19-38(31-41)36-15-4-2-5-16-36)40-21-13-20-39(32-40)43-25-14-27-50-53(43)45-24-8-10-26-49(45)56(50)42-29-30-52-47(33-42)44-23-9-11-28-51(44)57-52/h2-34H,1H3. The van der Waals surface area contributed by atoms with Crippen molar-refractivity contribution in [1.82, 2.24) is 9.55 Å². The Balaban J connectivity index is 1.09. The highest BCUT2D eigenvalue weighted by atomic mass is 16.3. The molecule has 3 aromatic heterocycles. The first kappa shape index (κ1) is 32.9. The molecule has 0 fully saturated rings. The number of fused-ring (bicyclic) bond motifs is 6. The number of aromatic nitrogens is 2. The van der Waals surface area contributed by atoms with Crippen molar-refractivity contribution in [3.63, 3.8) is 0 Å². The number of pyridine rings is 1. The van der Waals surface area contributed by atoms with Crippen LogP contribution in [0.15, 0.2) is 205 Å². The van der Waals surface area contributed by atoms with Crippen LogP contribution in [0.25, 0.3) is 105 Å². The van der Waals surface area contributed by atoms with Crippen LogP contribution in [0.1, 0.15) is 5.56 Å². The van der Waals surface area contributed by atoms with Crippen molar-refractivity contribution in [1.29, 1.82) is 0 Å². The van der Waals surface area contributed by atoms with E-state index < -0.39 is 0 Å². The first-order valence-electron chi connectivity index (χ1n) is 19.5. The highest BCUT2D eigenvalue weighted by molar-refractivity contribution is 6.16. The van der Waals surface area contributed by atoms with Gasteiger partial charge in [0.15, 0.2) is 0 Å². The molecule has 0 atom stereocenters. The van der Waals surface area contributed by atoms with Gasteiger partial charge in [0.25, 0.3) is 0 Å². The summed E-state index contributed by atoms with van der Waals surface area (Å²) in [4.78, 5) is 5.34. The molecule has 0 saturated carbocycles. The van der Waals surface area contributed by atoms with Gasteiger partial charge in [0.1, 0.15) is 11.2 Å². The number of furan rings is 1. The van der Waals surface area contributed by atoms with Crippen molar-refractivity contribution >= 4 is 43.7 Å². The largest absolute Gasteiger partial charge is 0.456 e. The van der Waals surface area contributed by atoms with Gasteiger partial charge < -0.3 is 8.98 Å². The van der Waals surface area contributed by atoms with Crippen molar-refractivity contribution in [2.75, 3.05) is 0 Å². The molecule has 11 aromatic rings. The van der Waals surface area contributed by atoms with Gasteiger partial charge in [-0.1, -0.05) is 146 Å². The Bertz CT molecular complexity index is 3300. The molecule has 0 N–H and O–H groups in total. The highest BCUT2D eigenvalue weighted by Crippen LogP contribution is 2.42. The smallest absolute Gasteiger partial charge is 0.135 e. The minimum absolute atomic E-state index is 0.895. The van der Waals surface area contributed by atoms with Crippen LogP contribution in [-0.2, 0) is 0 Å². The summed E-state index contributed by atoms with van der Waals surface area (Å²) in [5.41, 5.74) is 17.6. The van der Waals surface area contributed by atoms with Gasteiger partial charge in [0.2, 0.25) is 0 Å². The lowest BCUT2D eigenvalue weighted by Crippen LogP contribution is -1.97. The predicted octanol–water partition coefficient (Wildman–Crippen LogP) is 14.7. The molecule has 268 valence electrons. The Labute approximate surface area is 330 Å². The fraction of sp³-hybridized carbons (Fsp3) is 0.0185. The van der Waals surface area contributed by atoms with Crippen molar-refractivity contribution in [2.24, 2.45) is 0 Å². The lowest BCUT2D eigenvalue weighted by molar-refractivity contribution is 0.669. The van der Waals surface area contributed by atoms with Crippen LogP contribution in [0, 0.1) is 6.92 Å². The summed E-state index contributed by atoms with van der Waals surface area (Å²) in [6.07, 6.45) is 0. The summed E-state index contributed by atoms with van der Waals surface area (Å²) in [6, 6.07) is 71.4. The summed E-state index contributed by atoms with van der Waals surface area (Å²) in [6.45, 7) is 2.21. The Kier molecular flexibility index (Phi) is 7.71. The average molecular weight is 729 g/mol. The number of hydrogen-bond donors (Lipinski definition) is 0. The SMILES string of the molecule is Cc1c(-c2cccc(-c3cccc4c3c3ccccc3n4-c3ccc4oc5ccccc5c4c3)c2)cc(-c2ccccc2)nc1-c1cccc(-c2ccccc2)c1. The second kappa shape index (κ2) is 13.4. The molecule has 11 rings (SSSR count). The zero-order chi connectivity index (χ0) is 37.9. The fourth-order valence-electron chi connectivity index (χ4n) is 8.67. The van der Waals surface area contributed by atoms with E-state index >= 15 is 0 Å². The van der Waals surface area contributed by atoms with E-state index in [2.05, 4.69) is 200 Å². The van der Waals surface area contributed by atoms with Gasteiger partial charge >= 0.3 is 0 Å². The molecule has 0 unspecified atom stereocenters. The topological polar surface area (TPSA) is 31.0 Å². The Hall–Kier alpha value is -7.49. The Morgan fingerprint density at radius 3 is 1.82 bits per heavy atom. The van der Waals surface area contributed by atoms with Crippen LogP contribution in [0.2, 0.25) is 0 Å². The second-order valence-electron chi connectivity index (χ2n) is 14.8. The van der Waals surface area contributed by atoms with Gasteiger partial charge in [-0.2, -0.15) is 0 Å². The molecule has 0 aliphatic rings. The van der Waals surface area contributed by atoms with E-state index in [1.54, 1.807) is 0 Å². The van der Waals surface area contributed by atoms with Gasteiger partial charge in [0, 0.05) is 38.4 Å². The minimum Gasteiger partial charge on any atom is -0.456 e. The van der Waals surface area contributed by atoms with Crippen LogP contribution in [-0.4, -0.2) is 9.55 Å². The molecule has 0 amide bonds. The maximum atomic E-state index is 6.21. The number of benzene rings is 8. The van der Waals surface area contributed by atoms with Crippen molar-refractivity contribution in [2.45, 2.75) is 6.92 Å². The molecule has 0 aliphatic heterocycles. The monoisotopic (exact) mass is 728 g/mol. The number of rotatable bonds is 6. The summed E-state index contributed by atoms with van der Waals surface area (Å²) in [5.74, 6) is 0. The summed E-state index contributed by atoms with van der Waals surface area (Å²) < 4.78 is 8.60. The van der Waals surface area contributed by atoms with Crippen LogP contribution in [0.4, 0.5) is 0 Å². The molecule has 0 radical (unpaired) electrons. The normalized spacial score (nSPS) is 11.6. The third-order valence-corrected chi connectivity index (χ3v) is 11.4. The number of hydrogen-bond acceptors (Lipinski definition) is 2. The maximum absolute atomic E-state index is 6.21. The molecule has 0 aliphatic carbocycles. The Morgan fingerprint density at radius 2 is 1.00 bits per heavy atom. The van der Waals surface area contributed by atoms with E-state index in [1.807, 2.05) is 12.1 Å². The van der Waals surface area contributed by atoms with E-state index in [-0.39, 0.29) is 0 Å². The number of para-hydroxylation sites is 2. The Morgan fingerprint density at radius 1 is 0.404 bits per heavy atom. The molecule has 0 bridgehead atoms. The second-order valence-corrected chi connectivity index (χ2v) is 14.8. The van der Waals surface area contributed by atoms with E-state index in [1.165, 1.54) is 49.6 Å². The van der Waals surface area contributed by atoms with Crippen molar-refractivity contribution in [3.05, 3.63) is 206 Å². The zero-order valence-corrected chi connectivity index (χ0v) is 31.4. The van der Waals surface area contributed by atoms with E-state index in [0.717, 1.165) is 61.3 Å². The van der Waals surface area contributed by atoms with Gasteiger partial charge in [-0.25, -0.2) is 4.98 Å². The molecular formula is C54H36N2O. The molecule has 0 spiro atoms. The molecule has 0 saturated heterocycles. The van der Waals surface area contributed by atoms with Crippen LogP contribution < -0.4 is 0 Å². The predicted molar refractivity (Wildman–Crippen MR) is 238 cm³/mol. The zero-order valence-electron chi connectivity index (χ0n) is 31.4. The minimum atomic E-state index is 0.895. The molecule has 57 heavy (non-hydrogen) atoms. The molecular weight excluding hydrogens is 693 g/mol.